The summed E-state index contributed by atoms with van der Waals surface area (Å²) in [6.45, 7) is 2.06. The van der Waals surface area contributed by atoms with Crippen molar-refractivity contribution in [1.29, 1.82) is 0 Å². The van der Waals surface area contributed by atoms with Crippen molar-refractivity contribution in [2.75, 3.05) is 5.73 Å². The first-order chi connectivity index (χ1) is 10.1. The molecule has 1 atom stereocenters. The summed E-state index contributed by atoms with van der Waals surface area (Å²) >= 11 is 0. The van der Waals surface area contributed by atoms with E-state index in [0.29, 0.717) is 35.6 Å². The molecule has 1 unspecified atom stereocenters. The Hall–Kier alpha value is -2.33. The van der Waals surface area contributed by atoms with Crippen LogP contribution in [0.1, 0.15) is 28.4 Å². The second kappa shape index (κ2) is 6.90. The lowest BCUT2D eigenvalue weighted by Gasteiger charge is -2.15. The van der Waals surface area contributed by atoms with E-state index < -0.39 is 6.10 Å². The van der Waals surface area contributed by atoms with E-state index in [9.17, 15) is 9.90 Å². The number of hydrogen-bond donors (Lipinski definition) is 2. The first-order valence-corrected chi connectivity index (χ1v) is 6.83. The Balaban J connectivity index is 2.22. The Bertz CT molecular complexity index is 609. The van der Waals surface area contributed by atoms with Crippen molar-refractivity contribution in [1.82, 2.24) is 0 Å². The molecular formula is C17H19NO3. The van der Waals surface area contributed by atoms with Crippen molar-refractivity contribution in [2.24, 2.45) is 0 Å². The van der Waals surface area contributed by atoms with Crippen LogP contribution >= 0.6 is 0 Å². The molecule has 2 rings (SSSR count). The lowest BCUT2D eigenvalue weighted by atomic mass is 10.00. The molecule has 0 aliphatic rings. The van der Waals surface area contributed by atoms with Crippen LogP contribution in [-0.2, 0) is 13.0 Å². The molecule has 0 bridgehead atoms. The van der Waals surface area contributed by atoms with Gasteiger partial charge in [0.05, 0.1) is 11.8 Å². The number of aliphatic hydroxyl groups is 1. The normalized spacial score (nSPS) is 11.9. The number of anilines is 1. The maximum Gasteiger partial charge on any atom is 0.150 e. The van der Waals surface area contributed by atoms with Gasteiger partial charge in [-0.05, 0) is 30.2 Å². The molecule has 0 heterocycles. The first kappa shape index (κ1) is 15.1. The Labute approximate surface area is 124 Å². The van der Waals surface area contributed by atoms with Gasteiger partial charge in [0.25, 0.3) is 0 Å². The SMILES string of the molecule is CC(O)Cc1c(C=O)ccc(OCc2ccccc2)c1N. The second-order valence-corrected chi connectivity index (χ2v) is 4.99. The largest absolute Gasteiger partial charge is 0.487 e. The summed E-state index contributed by atoms with van der Waals surface area (Å²) in [5.41, 5.74) is 8.64. The highest BCUT2D eigenvalue weighted by Crippen LogP contribution is 2.29. The molecule has 0 saturated heterocycles. The van der Waals surface area contributed by atoms with Crippen LogP contribution in [-0.4, -0.2) is 17.5 Å². The second-order valence-electron chi connectivity index (χ2n) is 4.99. The molecule has 21 heavy (non-hydrogen) atoms. The molecule has 0 spiro atoms. The van der Waals surface area contributed by atoms with E-state index >= 15 is 0 Å². The number of hydrogen-bond acceptors (Lipinski definition) is 4. The molecule has 0 aliphatic carbocycles. The van der Waals surface area contributed by atoms with Gasteiger partial charge in [0.1, 0.15) is 18.6 Å². The van der Waals surface area contributed by atoms with Crippen LogP contribution in [0.2, 0.25) is 0 Å². The minimum absolute atomic E-state index is 0.322. The summed E-state index contributed by atoms with van der Waals surface area (Å²) in [6, 6.07) is 13.1. The fourth-order valence-electron chi connectivity index (χ4n) is 2.15. The van der Waals surface area contributed by atoms with Crippen molar-refractivity contribution in [3.05, 3.63) is 59.2 Å². The molecule has 4 heteroatoms. The summed E-state index contributed by atoms with van der Waals surface area (Å²) in [5, 5.41) is 9.54. The van der Waals surface area contributed by atoms with Crippen LogP contribution in [0.4, 0.5) is 5.69 Å². The predicted molar refractivity (Wildman–Crippen MR) is 82.4 cm³/mol. The van der Waals surface area contributed by atoms with Crippen molar-refractivity contribution in [2.45, 2.75) is 26.1 Å². The summed E-state index contributed by atoms with van der Waals surface area (Å²) in [7, 11) is 0. The highest BCUT2D eigenvalue weighted by atomic mass is 16.5. The van der Waals surface area contributed by atoms with Crippen molar-refractivity contribution < 1.29 is 14.6 Å². The highest BCUT2D eigenvalue weighted by Gasteiger charge is 2.13. The van der Waals surface area contributed by atoms with E-state index in [1.807, 2.05) is 30.3 Å². The molecule has 0 saturated carbocycles. The number of nitrogen functional groups attached to an aromatic ring is 1. The van der Waals surface area contributed by atoms with E-state index in [4.69, 9.17) is 10.5 Å². The molecule has 0 amide bonds. The monoisotopic (exact) mass is 285 g/mol. The van der Waals surface area contributed by atoms with Crippen LogP contribution in [0, 0.1) is 0 Å². The molecule has 0 aromatic heterocycles. The third kappa shape index (κ3) is 3.83. The molecule has 110 valence electrons. The van der Waals surface area contributed by atoms with Crippen molar-refractivity contribution in [3.63, 3.8) is 0 Å². The molecule has 0 radical (unpaired) electrons. The third-order valence-corrected chi connectivity index (χ3v) is 3.22. The van der Waals surface area contributed by atoms with Gasteiger partial charge in [0, 0.05) is 12.0 Å². The molecule has 2 aromatic rings. The van der Waals surface area contributed by atoms with Gasteiger partial charge in [-0.1, -0.05) is 30.3 Å². The Morgan fingerprint density at radius 1 is 1.24 bits per heavy atom. The van der Waals surface area contributed by atoms with Crippen LogP contribution in [0.15, 0.2) is 42.5 Å². The standard InChI is InChI=1S/C17H19NO3/c1-12(20)9-15-14(10-19)7-8-16(17(15)18)21-11-13-5-3-2-4-6-13/h2-8,10,12,20H,9,11,18H2,1H3. The summed E-state index contributed by atoms with van der Waals surface area (Å²) in [6.07, 6.45) is 0.493. The molecule has 2 aromatic carbocycles. The number of aliphatic hydroxyl groups excluding tert-OH is 1. The van der Waals surface area contributed by atoms with E-state index in [1.54, 1.807) is 19.1 Å². The number of nitrogens with two attached hydrogens (primary N) is 1. The van der Waals surface area contributed by atoms with Gasteiger partial charge in [-0.25, -0.2) is 0 Å². The number of benzene rings is 2. The Morgan fingerprint density at radius 2 is 1.95 bits per heavy atom. The lowest BCUT2D eigenvalue weighted by molar-refractivity contribution is 0.112. The predicted octanol–water partition coefficient (Wildman–Crippen LogP) is 2.58. The van der Waals surface area contributed by atoms with Crippen molar-refractivity contribution in [3.8, 4) is 5.75 Å². The fraction of sp³-hybridized carbons (Fsp3) is 0.235. The first-order valence-electron chi connectivity index (χ1n) is 6.83. The van der Waals surface area contributed by atoms with Gasteiger partial charge in [-0.2, -0.15) is 0 Å². The zero-order valence-corrected chi connectivity index (χ0v) is 12.0. The topological polar surface area (TPSA) is 72.5 Å². The van der Waals surface area contributed by atoms with Gasteiger partial charge in [0.2, 0.25) is 0 Å². The zero-order valence-electron chi connectivity index (χ0n) is 12.0. The zero-order chi connectivity index (χ0) is 15.2. The van der Waals surface area contributed by atoms with Crippen molar-refractivity contribution >= 4 is 12.0 Å². The van der Waals surface area contributed by atoms with Gasteiger partial charge in [-0.15, -0.1) is 0 Å². The average molecular weight is 285 g/mol. The average Bonchev–Trinajstić information content (AvgIpc) is 2.49. The van der Waals surface area contributed by atoms with E-state index in [1.165, 1.54) is 0 Å². The number of aldehydes is 1. The van der Waals surface area contributed by atoms with Gasteiger partial charge >= 0.3 is 0 Å². The Morgan fingerprint density at radius 3 is 2.57 bits per heavy atom. The maximum atomic E-state index is 11.1. The molecule has 4 nitrogen and oxygen atoms in total. The summed E-state index contributed by atoms with van der Waals surface area (Å²) in [4.78, 5) is 11.1. The molecule has 3 N–H and O–H groups in total. The van der Waals surface area contributed by atoms with Crippen LogP contribution in [0.25, 0.3) is 0 Å². The van der Waals surface area contributed by atoms with Gasteiger partial charge < -0.3 is 15.6 Å². The van der Waals surface area contributed by atoms with E-state index in [0.717, 1.165) is 11.8 Å². The minimum Gasteiger partial charge on any atom is -0.487 e. The fourth-order valence-corrected chi connectivity index (χ4v) is 2.15. The highest BCUT2D eigenvalue weighted by molar-refractivity contribution is 5.82. The maximum absolute atomic E-state index is 11.1. The van der Waals surface area contributed by atoms with Gasteiger partial charge in [-0.3, -0.25) is 4.79 Å². The van der Waals surface area contributed by atoms with E-state index in [-0.39, 0.29) is 0 Å². The van der Waals surface area contributed by atoms with Gasteiger partial charge in [0.15, 0.2) is 0 Å². The molecule has 0 fully saturated rings. The number of carbonyl (C=O) groups excluding carboxylic acids is 1. The molecular weight excluding hydrogens is 266 g/mol. The quantitative estimate of drug-likeness (QED) is 0.632. The minimum atomic E-state index is -0.574. The van der Waals surface area contributed by atoms with Crippen LogP contribution < -0.4 is 10.5 Å². The summed E-state index contributed by atoms with van der Waals surface area (Å²) in [5.74, 6) is 0.528. The third-order valence-electron chi connectivity index (χ3n) is 3.22. The number of carbonyl (C=O) groups is 1. The lowest BCUT2D eigenvalue weighted by Crippen LogP contribution is -2.11. The van der Waals surface area contributed by atoms with Crippen LogP contribution in [0.3, 0.4) is 0 Å². The van der Waals surface area contributed by atoms with Crippen LogP contribution in [0.5, 0.6) is 5.75 Å². The summed E-state index contributed by atoms with van der Waals surface area (Å²) < 4.78 is 5.72. The number of rotatable bonds is 6. The Kier molecular flexibility index (Phi) is 4.95. The smallest absolute Gasteiger partial charge is 0.150 e. The number of ether oxygens (including phenoxy) is 1. The van der Waals surface area contributed by atoms with E-state index in [2.05, 4.69) is 0 Å². The molecule has 0 aliphatic heterocycles.